The Morgan fingerprint density at radius 2 is 1.81 bits per heavy atom. The van der Waals surface area contributed by atoms with Crippen LogP contribution in [0.4, 0.5) is 5.69 Å². The molecule has 3 heteroatoms. The van der Waals surface area contributed by atoms with Gasteiger partial charge in [0.1, 0.15) is 0 Å². The first-order valence-electron chi connectivity index (χ1n) is 5.57. The summed E-state index contributed by atoms with van der Waals surface area (Å²) in [6, 6.07) is 7.24. The Morgan fingerprint density at radius 1 is 1.25 bits per heavy atom. The zero-order valence-electron chi connectivity index (χ0n) is 10.0. The first-order chi connectivity index (χ1) is 7.49. The summed E-state index contributed by atoms with van der Waals surface area (Å²) in [7, 11) is 0. The van der Waals surface area contributed by atoms with Gasteiger partial charge in [0, 0.05) is 12.1 Å². The zero-order valence-corrected chi connectivity index (χ0v) is 10.0. The van der Waals surface area contributed by atoms with E-state index >= 15 is 0 Å². The van der Waals surface area contributed by atoms with Crippen molar-refractivity contribution in [2.45, 2.75) is 33.3 Å². The first-order valence-corrected chi connectivity index (χ1v) is 5.57. The van der Waals surface area contributed by atoms with E-state index in [0.717, 1.165) is 11.3 Å². The van der Waals surface area contributed by atoms with Crippen LogP contribution in [0.15, 0.2) is 24.3 Å². The SMILES string of the molecule is CC(C)CC(=O)Nc1ccc(C(C)O)cc1. The lowest BCUT2D eigenvalue weighted by atomic mass is 10.1. The van der Waals surface area contributed by atoms with E-state index in [-0.39, 0.29) is 5.91 Å². The van der Waals surface area contributed by atoms with E-state index in [1.54, 1.807) is 19.1 Å². The van der Waals surface area contributed by atoms with Crippen LogP contribution >= 0.6 is 0 Å². The quantitative estimate of drug-likeness (QED) is 0.821. The third-order valence-electron chi connectivity index (χ3n) is 2.27. The molecular weight excluding hydrogens is 202 g/mol. The van der Waals surface area contributed by atoms with Gasteiger partial charge in [0.05, 0.1) is 6.10 Å². The summed E-state index contributed by atoms with van der Waals surface area (Å²) in [4.78, 5) is 11.5. The van der Waals surface area contributed by atoms with Crippen molar-refractivity contribution in [3.63, 3.8) is 0 Å². The monoisotopic (exact) mass is 221 g/mol. The lowest BCUT2D eigenvalue weighted by molar-refractivity contribution is -0.116. The molecule has 1 aromatic carbocycles. The fraction of sp³-hybridized carbons (Fsp3) is 0.462. The van der Waals surface area contributed by atoms with Gasteiger partial charge in [-0.05, 0) is 30.5 Å². The smallest absolute Gasteiger partial charge is 0.224 e. The van der Waals surface area contributed by atoms with E-state index < -0.39 is 6.10 Å². The normalized spacial score (nSPS) is 12.6. The van der Waals surface area contributed by atoms with Gasteiger partial charge in [-0.2, -0.15) is 0 Å². The Morgan fingerprint density at radius 3 is 2.25 bits per heavy atom. The topological polar surface area (TPSA) is 49.3 Å². The van der Waals surface area contributed by atoms with E-state index in [1.165, 1.54) is 0 Å². The summed E-state index contributed by atoms with van der Waals surface area (Å²) in [5.41, 5.74) is 1.62. The summed E-state index contributed by atoms with van der Waals surface area (Å²) in [5, 5.41) is 12.1. The Bertz CT molecular complexity index is 341. The van der Waals surface area contributed by atoms with Gasteiger partial charge in [0.15, 0.2) is 0 Å². The third-order valence-corrected chi connectivity index (χ3v) is 2.27. The van der Waals surface area contributed by atoms with Gasteiger partial charge in [-0.1, -0.05) is 26.0 Å². The Hall–Kier alpha value is -1.35. The summed E-state index contributed by atoms with van der Waals surface area (Å²) in [5.74, 6) is 0.386. The summed E-state index contributed by atoms with van der Waals surface area (Å²) in [6.07, 6.45) is 0.0541. The average Bonchev–Trinajstić information content (AvgIpc) is 2.16. The van der Waals surface area contributed by atoms with Crippen molar-refractivity contribution >= 4 is 11.6 Å². The molecule has 0 fully saturated rings. The number of rotatable bonds is 4. The highest BCUT2D eigenvalue weighted by Gasteiger charge is 2.05. The summed E-state index contributed by atoms with van der Waals surface area (Å²) >= 11 is 0. The fourth-order valence-corrected chi connectivity index (χ4v) is 1.43. The molecule has 0 heterocycles. The Labute approximate surface area is 96.5 Å². The molecule has 0 aromatic heterocycles. The second-order valence-corrected chi connectivity index (χ2v) is 4.44. The minimum absolute atomic E-state index is 0.0276. The molecular formula is C13H19NO2. The number of aliphatic hydroxyl groups excluding tert-OH is 1. The summed E-state index contributed by atoms with van der Waals surface area (Å²) < 4.78 is 0. The van der Waals surface area contributed by atoms with E-state index in [1.807, 2.05) is 26.0 Å². The van der Waals surface area contributed by atoms with Crippen LogP contribution < -0.4 is 5.32 Å². The van der Waals surface area contributed by atoms with E-state index in [0.29, 0.717) is 12.3 Å². The number of amides is 1. The van der Waals surface area contributed by atoms with Crippen LogP contribution in [0.5, 0.6) is 0 Å². The molecule has 88 valence electrons. The molecule has 1 rings (SSSR count). The predicted octanol–water partition coefficient (Wildman–Crippen LogP) is 2.72. The molecule has 0 aliphatic carbocycles. The molecule has 0 radical (unpaired) electrons. The van der Waals surface area contributed by atoms with Crippen LogP contribution in [-0.2, 0) is 4.79 Å². The van der Waals surface area contributed by atoms with Crippen LogP contribution in [0.2, 0.25) is 0 Å². The molecule has 0 saturated heterocycles. The lowest BCUT2D eigenvalue weighted by Gasteiger charge is -2.09. The van der Waals surface area contributed by atoms with Gasteiger partial charge in [-0.25, -0.2) is 0 Å². The van der Waals surface area contributed by atoms with Gasteiger partial charge >= 0.3 is 0 Å². The highest BCUT2D eigenvalue weighted by Crippen LogP contribution is 2.16. The van der Waals surface area contributed by atoms with Crippen molar-refractivity contribution < 1.29 is 9.90 Å². The van der Waals surface area contributed by atoms with Crippen molar-refractivity contribution in [2.24, 2.45) is 5.92 Å². The lowest BCUT2D eigenvalue weighted by Crippen LogP contribution is -2.13. The molecule has 1 unspecified atom stereocenters. The van der Waals surface area contributed by atoms with Crippen LogP contribution in [-0.4, -0.2) is 11.0 Å². The van der Waals surface area contributed by atoms with Crippen molar-refractivity contribution in [1.29, 1.82) is 0 Å². The van der Waals surface area contributed by atoms with Crippen LogP contribution in [0.3, 0.4) is 0 Å². The van der Waals surface area contributed by atoms with Crippen molar-refractivity contribution in [3.8, 4) is 0 Å². The number of carbonyl (C=O) groups excluding carboxylic acids is 1. The maximum atomic E-state index is 11.5. The molecule has 0 bridgehead atoms. The molecule has 1 aromatic rings. The molecule has 0 saturated carbocycles. The van der Waals surface area contributed by atoms with Crippen LogP contribution in [0.25, 0.3) is 0 Å². The fourth-order valence-electron chi connectivity index (χ4n) is 1.43. The highest BCUT2D eigenvalue weighted by atomic mass is 16.3. The number of hydrogen-bond donors (Lipinski definition) is 2. The second-order valence-electron chi connectivity index (χ2n) is 4.44. The van der Waals surface area contributed by atoms with Crippen molar-refractivity contribution in [2.75, 3.05) is 5.32 Å². The Kier molecular flexibility index (Phi) is 4.50. The highest BCUT2D eigenvalue weighted by molar-refractivity contribution is 5.90. The maximum absolute atomic E-state index is 11.5. The number of nitrogens with one attached hydrogen (secondary N) is 1. The first kappa shape index (κ1) is 12.7. The van der Waals surface area contributed by atoms with E-state index in [2.05, 4.69) is 5.32 Å². The summed E-state index contributed by atoms with van der Waals surface area (Å²) in [6.45, 7) is 5.73. The van der Waals surface area contributed by atoms with Crippen molar-refractivity contribution in [3.05, 3.63) is 29.8 Å². The van der Waals surface area contributed by atoms with Crippen LogP contribution in [0, 0.1) is 5.92 Å². The minimum atomic E-state index is -0.472. The molecule has 16 heavy (non-hydrogen) atoms. The molecule has 1 amide bonds. The molecule has 0 aliphatic rings. The van der Waals surface area contributed by atoms with E-state index in [9.17, 15) is 9.90 Å². The molecule has 1 atom stereocenters. The number of carbonyl (C=O) groups is 1. The van der Waals surface area contributed by atoms with Crippen LogP contribution in [0.1, 0.15) is 38.9 Å². The third kappa shape index (κ3) is 4.03. The maximum Gasteiger partial charge on any atom is 0.224 e. The molecule has 0 spiro atoms. The average molecular weight is 221 g/mol. The zero-order chi connectivity index (χ0) is 12.1. The van der Waals surface area contributed by atoms with E-state index in [4.69, 9.17) is 0 Å². The Balaban J connectivity index is 2.58. The second kappa shape index (κ2) is 5.66. The van der Waals surface area contributed by atoms with Gasteiger partial charge in [0.2, 0.25) is 5.91 Å². The molecule has 3 nitrogen and oxygen atoms in total. The largest absolute Gasteiger partial charge is 0.389 e. The molecule has 0 aliphatic heterocycles. The van der Waals surface area contributed by atoms with Gasteiger partial charge < -0.3 is 10.4 Å². The van der Waals surface area contributed by atoms with Crippen molar-refractivity contribution in [1.82, 2.24) is 0 Å². The predicted molar refractivity (Wildman–Crippen MR) is 65.2 cm³/mol. The number of anilines is 1. The van der Waals surface area contributed by atoms with Gasteiger partial charge in [-0.3, -0.25) is 4.79 Å². The molecule has 2 N–H and O–H groups in total. The number of hydrogen-bond acceptors (Lipinski definition) is 2. The number of benzene rings is 1. The number of aliphatic hydroxyl groups is 1. The minimum Gasteiger partial charge on any atom is -0.389 e. The van der Waals surface area contributed by atoms with Gasteiger partial charge in [-0.15, -0.1) is 0 Å². The standard InChI is InChI=1S/C13H19NO2/c1-9(2)8-13(16)14-12-6-4-11(5-7-12)10(3)15/h4-7,9-10,15H,8H2,1-3H3,(H,14,16). The van der Waals surface area contributed by atoms with Gasteiger partial charge in [0.25, 0.3) is 0 Å².